The molecule has 3 aromatic rings. The van der Waals surface area contributed by atoms with Crippen molar-refractivity contribution in [2.45, 2.75) is 44.4 Å². The fourth-order valence-corrected chi connectivity index (χ4v) is 4.24. The molecule has 0 aliphatic carbocycles. The first-order valence-corrected chi connectivity index (χ1v) is 10.6. The number of hydrazine groups is 1. The van der Waals surface area contributed by atoms with Crippen molar-refractivity contribution < 1.29 is 19.3 Å². The second kappa shape index (κ2) is 8.38. The predicted octanol–water partition coefficient (Wildman–Crippen LogP) is 3.36. The number of aliphatic hydroxyl groups is 2. The van der Waals surface area contributed by atoms with Crippen molar-refractivity contribution in [3.8, 4) is 0 Å². The maximum atomic E-state index is 13.2. The molecule has 32 heavy (non-hydrogen) atoms. The average Bonchev–Trinajstić information content (AvgIpc) is 3.28. The Bertz CT molecular complexity index is 1120. The number of ether oxygens (including phenoxy) is 1. The number of anilines is 1. The molecular weight excluding hydrogens is 411 g/mol. The van der Waals surface area contributed by atoms with Gasteiger partial charge in [0, 0.05) is 11.8 Å². The Labute approximate surface area is 185 Å². The Morgan fingerprint density at radius 3 is 2.53 bits per heavy atom. The maximum absolute atomic E-state index is 13.2. The number of halogens is 1. The number of aliphatic hydroxyl groups excluding tert-OH is 2. The molecule has 4 atom stereocenters. The Kier molecular flexibility index (Phi) is 5.42. The molecule has 3 N–H and O–H groups in total. The summed E-state index contributed by atoms with van der Waals surface area (Å²) in [6.45, 7) is 2.26. The minimum Gasteiger partial charge on any atom is -0.388 e. The van der Waals surface area contributed by atoms with E-state index in [1.165, 1.54) is 12.1 Å². The molecule has 2 aliphatic heterocycles. The lowest BCUT2D eigenvalue weighted by atomic mass is 10.0. The first-order chi connectivity index (χ1) is 15.5. The van der Waals surface area contributed by atoms with Crippen LogP contribution in [0.4, 0.5) is 15.9 Å². The smallest absolute Gasteiger partial charge is 0.164 e. The molecule has 2 aromatic carbocycles. The zero-order valence-electron chi connectivity index (χ0n) is 17.6. The molecule has 1 saturated heterocycles. The van der Waals surface area contributed by atoms with Crippen molar-refractivity contribution in [1.82, 2.24) is 9.58 Å². The van der Waals surface area contributed by atoms with Crippen LogP contribution in [0.3, 0.4) is 0 Å². The van der Waals surface area contributed by atoms with E-state index in [1.807, 2.05) is 34.0 Å². The van der Waals surface area contributed by atoms with Gasteiger partial charge in [-0.1, -0.05) is 30.3 Å². The second-order valence-corrected chi connectivity index (χ2v) is 8.23. The van der Waals surface area contributed by atoms with Gasteiger partial charge < -0.3 is 19.5 Å². The fraction of sp³-hybridized carbons (Fsp3) is 0.292. The number of rotatable bonds is 5. The third-order valence-corrected chi connectivity index (χ3v) is 5.95. The number of aliphatic imine (C=N–C) groups is 1. The summed E-state index contributed by atoms with van der Waals surface area (Å²) in [7, 11) is 0. The normalized spacial score (nSPS) is 24.6. The SMILES string of the molecule is C[C@H]1O[C@@H](n2cc(Cc3ccccc3)c3c2N=CN(Nc2ccc(F)cc2)C3)[C@H](O)[C@@H]1O. The van der Waals surface area contributed by atoms with Crippen LogP contribution in [0.25, 0.3) is 0 Å². The minimum absolute atomic E-state index is 0.293. The molecule has 2 aliphatic rings. The fourth-order valence-electron chi connectivity index (χ4n) is 4.24. The molecule has 0 amide bonds. The first kappa shape index (κ1) is 20.7. The molecule has 0 spiro atoms. The quantitative estimate of drug-likeness (QED) is 0.571. The number of aromatic nitrogens is 1. The molecule has 8 heteroatoms. The van der Waals surface area contributed by atoms with E-state index in [1.54, 1.807) is 25.4 Å². The van der Waals surface area contributed by atoms with E-state index in [9.17, 15) is 14.6 Å². The number of benzene rings is 2. The zero-order chi connectivity index (χ0) is 22.2. The van der Waals surface area contributed by atoms with Crippen LogP contribution in [0.5, 0.6) is 0 Å². The summed E-state index contributed by atoms with van der Waals surface area (Å²) in [4.78, 5) is 4.63. The van der Waals surface area contributed by atoms with Crippen LogP contribution in [0, 0.1) is 5.82 Å². The van der Waals surface area contributed by atoms with Crippen molar-refractivity contribution in [2.75, 3.05) is 5.43 Å². The van der Waals surface area contributed by atoms with E-state index in [0.29, 0.717) is 18.8 Å². The molecule has 0 bridgehead atoms. The van der Waals surface area contributed by atoms with Crippen LogP contribution < -0.4 is 5.43 Å². The van der Waals surface area contributed by atoms with Gasteiger partial charge >= 0.3 is 0 Å². The van der Waals surface area contributed by atoms with Gasteiger partial charge in [0.25, 0.3) is 0 Å². The third kappa shape index (κ3) is 3.88. The van der Waals surface area contributed by atoms with Crippen LogP contribution in [-0.2, 0) is 17.7 Å². The van der Waals surface area contributed by atoms with Crippen molar-refractivity contribution >= 4 is 17.8 Å². The van der Waals surface area contributed by atoms with E-state index in [0.717, 1.165) is 22.4 Å². The average molecular weight is 436 g/mol. The molecule has 1 aromatic heterocycles. The highest BCUT2D eigenvalue weighted by Gasteiger charge is 2.42. The number of nitrogens with one attached hydrogen (secondary N) is 1. The Balaban J connectivity index is 1.47. The van der Waals surface area contributed by atoms with Gasteiger partial charge in [-0.2, -0.15) is 0 Å². The maximum Gasteiger partial charge on any atom is 0.164 e. The number of hydrogen-bond acceptors (Lipinski definition) is 6. The molecule has 5 rings (SSSR count). The molecule has 0 radical (unpaired) electrons. The Hall–Kier alpha value is -3.20. The summed E-state index contributed by atoms with van der Waals surface area (Å²) in [5.74, 6) is 0.400. The van der Waals surface area contributed by atoms with Crippen molar-refractivity contribution in [1.29, 1.82) is 0 Å². The standard InChI is InChI=1S/C24H25FN4O3/c1-15-21(30)22(31)24(32-15)29-12-17(11-16-5-3-2-4-6-16)20-13-28(14-26-23(20)29)27-19-9-7-18(25)8-10-19/h2-10,12,14-15,21-22,24,27,30-31H,11,13H2,1H3/t15-,21-,22-,24-/m1/s1. The summed E-state index contributed by atoms with van der Waals surface area (Å²) in [6, 6.07) is 16.3. The molecular formula is C24H25FN4O3. The van der Waals surface area contributed by atoms with Gasteiger partial charge in [-0.05, 0) is 48.7 Å². The van der Waals surface area contributed by atoms with Crippen LogP contribution in [0.1, 0.15) is 29.8 Å². The van der Waals surface area contributed by atoms with E-state index >= 15 is 0 Å². The van der Waals surface area contributed by atoms with Crippen LogP contribution in [-0.4, -0.2) is 44.4 Å². The van der Waals surface area contributed by atoms with E-state index in [-0.39, 0.29) is 5.82 Å². The topological polar surface area (TPSA) is 82.2 Å². The van der Waals surface area contributed by atoms with Crippen LogP contribution in [0.15, 0.2) is 65.8 Å². The summed E-state index contributed by atoms with van der Waals surface area (Å²) in [6.07, 6.45) is 1.11. The van der Waals surface area contributed by atoms with E-state index < -0.39 is 24.5 Å². The van der Waals surface area contributed by atoms with Gasteiger partial charge in [0.05, 0.1) is 18.3 Å². The monoisotopic (exact) mass is 436 g/mol. The van der Waals surface area contributed by atoms with Gasteiger partial charge in [-0.15, -0.1) is 0 Å². The van der Waals surface area contributed by atoms with Gasteiger partial charge in [0.2, 0.25) is 0 Å². The molecule has 0 unspecified atom stereocenters. The first-order valence-electron chi connectivity index (χ1n) is 10.6. The summed E-state index contributed by atoms with van der Waals surface area (Å²) < 4.78 is 20.9. The third-order valence-electron chi connectivity index (χ3n) is 5.95. The van der Waals surface area contributed by atoms with Crippen molar-refractivity contribution in [2.24, 2.45) is 4.99 Å². The largest absolute Gasteiger partial charge is 0.388 e. The highest BCUT2D eigenvalue weighted by atomic mass is 19.1. The highest BCUT2D eigenvalue weighted by Crippen LogP contribution is 2.38. The molecule has 166 valence electrons. The lowest BCUT2D eigenvalue weighted by Crippen LogP contribution is -2.31. The minimum atomic E-state index is -1.04. The van der Waals surface area contributed by atoms with Gasteiger partial charge in [0.1, 0.15) is 30.2 Å². The van der Waals surface area contributed by atoms with E-state index in [4.69, 9.17) is 4.74 Å². The highest BCUT2D eigenvalue weighted by molar-refractivity contribution is 5.69. The molecule has 1 fully saturated rings. The van der Waals surface area contributed by atoms with Crippen LogP contribution >= 0.6 is 0 Å². The van der Waals surface area contributed by atoms with E-state index in [2.05, 4.69) is 22.6 Å². The molecule has 7 nitrogen and oxygen atoms in total. The Morgan fingerprint density at radius 1 is 1.09 bits per heavy atom. The molecule has 0 saturated carbocycles. The van der Waals surface area contributed by atoms with Gasteiger partial charge in [-0.25, -0.2) is 9.38 Å². The van der Waals surface area contributed by atoms with Crippen molar-refractivity contribution in [3.05, 3.63) is 83.3 Å². The van der Waals surface area contributed by atoms with Gasteiger partial charge in [-0.3, -0.25) is 10.4 Å². The zero-order valence-corrected chi connectivity index (χ0v) is 17.6. The lowest BCUT2D eigenvalue weighted by Gasteiger charge is -2.26. The van der Waals surface area contributed by atoms with Crippen molar-refractivity contribution in [3.63, 3.8) is 0 Å². The summed E-state index contributed by atoms with van der Waals surface area (Å²) >= 11 is 0. The summed E-state index contributed by atoms with van der Waals surface area (Å²) in [5, 5.41) is 22.6. The second-order valence-electron chi connectivity index (χ2n) is 8.23. The molecule has 3 heterocycles. The lowest BCUT2D eigenvalue weighted by molar-refractivity contribution is -0.0309. The van der Waals surface area contributed by atoms with Crippen LogP contribution in [0.2, 0.25) is 0 Å². The summed E-state index contributed by atoms with van der Waals surface area (Å²) in [5.41, 5.74) is 7.18. The Morgan fingerprint density at radius 2 is 1.84 bits per heavy atom. The van der Waals surface area contributed by atoms with Gasteiger partial charge in [0.15, 0.2) is 6.23 Å². The predicted molar refractivity (Wildman–Crippen MR) is 119 cm³/mol. The number of fused-ring (bicyclic) bond motifs is 1. The number of nitrogens with zero attached hydrogens (tertiary/aromatic N) is 3. The number of hydrogen-bond donors (Lipinski definition) is 3.